The van der Waals surface area contributed by atoms with Crippen LogP contribution in [0.15, 0.2) is 33.8 Å². The number of fused-ring (bicyclic) bond motifs is 1. The maximum atomic E-state index is 11.5. The van der Waals surface area contributed by atoms with E-state index < -0.39 is 0 Å². The van der Waals surface area contributed by atoms with E-state index in [1.165, 1.54) is 17.5 Å². The van der Waals surface area contributed by atoms with Crippen LogP contribution >= 0.6 is 15.9 Å². The number of nitrogens with two attached hydrogens (primary N) is 1. The molecule has 0 radical (unpaired) electrons. The standard InChI is InChI=1S/C12H11BrN4O/c13-10-11(15-6-16-12(10)18)17-4-7-1-2-9(14)3-8(7)5-17/h1-3,6H,4-5,14H2,(H,15,16,18). The summed E-state index contributed by atoms with van der Waals surface area (Å²) < 4.78 is 0.464. The average Bonchev–Trinajstić information content (AvgIpc) is 2.75. The van der Waals surface area contributed by atoms with Crippen molar-refractivity contribution in [2.75, 3.05) is 10.6 Å². The zero-order valence-corrected chi connectivity index (χ0v) is 11.1. The third-order valence-corrected chi connectivity index (χ3v) is 3.75. The van der Waals surface area contributed by atoms with E-state index in [9.17, 15) is 4.79 Å². The first-order chi connectivity index (χ1) is 8.65. The second kappa shape index (κ2) is 4.13. The molecule has 1 aliphatic rings. The molecule has 0 bridgehead atoms. The van der Waals surface area contributed by atoms with E-state index in [0.29, 0.717) is 10.3 Å². The number of hydrogen-bond donors (Lipinski definition) is 2. The van der Waals surface area contributed by atoms with Crippen LogP contribution in [-0.2, 0) is 13.1 Å². The van der Waals surface area contributed by atoms with Crippen LogP contribution in [-0.4, -0.2) is 9.97 Å². The topological polar surface area (TPSA) is 75.0 Å². The van der Waals surface area contributed by atoms with Gasteiger partial charge in [0.25, 0.3) is 5.56 Å². The third kappa shape index (κ3) is 1.78. The molecule has 1 aromatic heterocycles. The zero-order chi connectivity index (χ0) is 12.7. The van der Waals surface area contributed by atoms with Gasteiger partial charge in [-0.05, 0) is 39.2 Å². The van der Waals surface area contributed by atoms with Gasteiger partial charge < -0.3 is 15.6 Å². The summed E-state index contributed by atoms with van der Waals surface area (Å²) in [5, 5.41) is 0. The van der Waals surface area contributed by atoms with Crippen molar-refractivity contribution in [2.45, 2.75) is 13.1 Å². The fourth-order valence-corrected chi connectivity index (χ4v) is 2.63. The highest BCUT2D eigenvalue weighted by atomic mass is 79.9. The van der Waals surface area contributed by atoms with Gasteiger partial charge >= 0.3 is 0 Å². The van der Waals surface area contributed by atoms with Crippen LogP contribution in [0.4, 0.5) is 11.5 Å². The predicted octanol–water partition coefficient (Wildman–Crippen LogP) is 1.63. The van der Waals surface area contributed by atoms with E-state index in [1.807, 2.05) is 23.1 Å². The number of aromatic amines is 1. The Kier molecular flexibility index (Phi) is 2.59. The third-order valence-electron chi connectivity index (χ3n) is 3.03. The Bertz CT molecular complexity index is 667. The summed E-state index contributed by atoms with van der Waals surface area (Å²) in [6.45, 7) is 1.46. The van der Waals surface area contributed by atoms with Gasteiger partial charge in [0.15, 0.2) is 5.82 Å². The molecule has 0 saturated carbocycles. The van der Waals surface area contributed by atoms with Gasteiger partial charge in [-0.2, -0.15) is 0 Å². The monoisotopic (exact) mass is 306 g/mol. The lowest BCUT2D eigenvalue weighted by Crippen LogP contribution is -2.20. The molecule has 18 heavy (non-hydrogen) atoms. The Morgan fingerprint density at radius 1 is 1.33 bits per heavy atom. The number of H-pyrrole nitrogens is 1. The molecule has 5 nitrogen and oxygen atoms in total. The lowest BCUT2D eigenvalue weighted by molar-refractivity contribution is 0.842. The summed E-state index contributed by atoms with van der Waals surface area (Å²) in [4.78, 5) is 20.3. The summed E-state index contributed by atoms with van der Waals surface area (Å²) in [5.74, 6) is 0.661. The van der Waals surface area contributed by atoms with Crippen LogP contribution in [0.2, 0.25) is 0 Å². The highest BCUT2D eigenvalue weighted by molar-refractivity contribution is 9.10. The average molecular weight is 307 g/mol. The molecule has 0 amide bonds. The number of nitrogen functional groups attached to an aromatic ring is 1. The van der Waals surface area contributed by atoms with Crippen LogP contribution < -0.4 is 16.2 Å². The summed E-state index contributed by atoms with van der Waals surface area (Å²) in [7, 11) is 0. The van der Waals surface area contributed by atoms with Crippen LogP contribution in [0.3, 0.4) is 0 Å². The number of hydrogen-bond acceptors (Lipinski definition) is 4. The molecule has 1 aromatic carbocycles. The molecule has 92 valence electrons. The van der Waals surface area contributed by atoms with Crippen molar-refractivity contribution in [1.82, 2.24) is 9.97 Å². The molecular formula is C12H11BrN4O. The van der Waals surface area contributed by atoms with Gasteiger partial charge in [-0.25, -0.2) is 4.98 Å². The zero-order valence-electron chi connectivity index (χ0n) is 9.48. The normalized spacial score (nSPS) is 13.7. The molecule has 0 saturated heterocycles. The Labute approximate surface area is 112 Å². The molecule has 3 N–H and O–H groups in total. The first-order valence-electron chi connectivity index (χ1n) is 5.50. The van der Waals surface area contributed by atoms with Crippen molar-refractivity contribution in [3.05, 3.63) is 50.5 Å². The maximum Gasteiger partial charge on any atom is 0.267 e. The van der Waals surface area contributed by atoms with Gasteiger partial charge in [0, 0.05) is 18.8 Å². The van der Waals surface area contributed by atoms with Gasteiger partial charge in [-0.3, -0.25) is 4.79 Å². The summed E-state index contributed by atoms with van der Waals surface area (Å²) in [6.07, 6.45) is 1.42. The quantitative estimate of drug-likeness (QED) is 0.785. The summed E-state index contributed by atoms with van der Waals surface area (Å²) in [5.41, 5.74) is 8.76. The van der Waals surface area contributed by atoms with Gasteiger partial charge in [0.1, 0.15) is 4.47 Å². The fourth-order valence-electron chi connectivity index (χ4n) is 2.16. The minimum atomic E-state index is -0.171. The molecule has 3 rings (SSSR count). The molecule has 0 spiro atoms. The van der Waals surface area contributed by atoms with Gasteiger partial charge in [0.2, 0.25) is 0 Å². The highest BCUT2D eigenvalue weighted by Gasteiger charge is 2.22. The molecule has 2 aromatic rings. The van der Waals surface area contributed by atoms with Crippen molar-refractivity contribution in [2.24, 2.45) is 0 Å². The number of nitrogens with one attached hydrogen (secondary N) is 1. The van der Waals surface area contributed by atoms with Crippen LogP contribution in [0, 0.1) is 0 Å². The van der Waals surface area contributed by atoms with Gasteiger partial charge in [0.05, 0.1) is 6.33 Å². The lowest BCUT2D eigenvalue weighted by atomic mass is 10.1. The highest BCUT2D eigenvalue weighted by Crippen LogP contribution is 2.30. The Hall–Kier alpha value is -1.82. The minimum absolute atomic E-state index is 0.171. The lowest BCUT2D eigenvalue weighted by Gasteiger charge is -2.16. The summed E-state index contributed by atoms with van der Waals surface area (Å²) in [6, 6.07) is 5.88. The van der Waals surface area contributed by atoms with E-state index in [2.05, 4.69) is 25.9 Å². The summed E-state index contributed by atoms with van der Waals surface area (Å²) >= 11 is 3.28. The first kappa shape index (κ1) is 11.3. The molecule has 0 atom stereocenters. The Morgan fingerprint density at radius 2 is 2.11 bits per heavy atom. The number of benzene rings is 1. The number of anilines is 2. The van der Waals surface area contributed by atoms with Crippen molar-refractivity contribution >= 4 is 27.4 Å². The Morgan fingerprint density at radius 3 is 2.94 bits per heavy atom. The SMILES string of the molecule is Nc1ccc2c(c1)CN(c1nc[nH]c(=O)c1Br)C2. The second-order valence-electron chi connectivity index (χ2n) is 4.25. The molecular weight excluding hydrogens is 296 g/mol. The van der Waals surface area contributed by atoms with Crippen LogP contribution in [0.25, 0.3) is 0 Å². The van der Waals surface area contributed by atoms with Gasteiger partial charge in [-0.1, -0.05) is 6.07 Å². The molecule has 6 heteroatoms. The van der Waals surface area contributed by atoms with Crippen LogP contribution in [0.5, 0.6) is 0 Å². The van der Waals surface area contributed by atoms with E-state index in [1.54, 1.807) is 0 Å². The van der Waals surface area contributed by atoms with Crippen molar-refractivity contribution in [3.63, 3.8) is 0 Å². The number of rotatable bonds is 1. The molecule has 0 aliphatic carbocycles. The molecule has 0 fully saturated rings. The van der Waals surface area contributed by atoms with E-state index >= 15 is 0 Å². The molecule has 1 aliphatic heterocycles. The smallest absolute Gasteiger partial charge is 0.267 e. The van der Waals surface area contributed by atoms with Crippen LogP contribution in [0.1, 0.15) is 11.1 Å². The van der Waals surface area contributed by atoms with E-state index in [0.717, 1.165) is 18.8 Å². The fraction of sp³-hybridized carbons (Fsp3) is 0.167. The van der Waals surface area contributed by atoms with Crippen molar-refractivity contribution in [1.29, 1.82) is 0 Å². The number of nitrogens with zero attached hydrogens (tertiary/aromatic N) is 2. The number of halogens is 1. The maximum absolute atomic E-state index is 11.5. The Balaban J connectivity index is 1.99. The minimum Gasteiger partial charge on any atom is -0.399 e. The van der Waals surface area contributed by atoms with Crippen molar-refractivity contribution in [3.8, 4) is 0 Å². The second-order valence-corrected chi connectivity index (χ2v) is 5.05. The van der Waals surface area contributed by atoms with Crippen molar-refractivity contribution < 1.29 is 0 Å². The molecule has 2 heterocycles. The van der Waals surface area contributed by atoms with E-state index in [4.69, 9.17) is 5.73 Å². The predicted molar refractivity (Wildman–Crippen MR) is 73.3 cm³/mol. The molecule has 0 unspecified atom stereocenters. The van der Waals surface area contributed by atoms with Gasteiger partial charge in [-0.15, -0.1) is 0 Å². The largest absolute Gasteiger partial charge is 0.399 e. The number of aromatic nitrogens is 2. The van der Waals surface area contributed by atoms with E-state index in [-0.39, 0.29) is 5.56 Å². The first-order valence-corrected chi connectivity index (χ1v) is 6.30.